The van der Waals surface area contributed by atoms with Crippen LogP contribution in [0.25, 0.3) is 0 Å². The van der Waals surface area contributed by atoms with Crippen molar-refractivity contribution in [1.29, 1.82) is 0 Å². The van der Waals surface area contributed by atoms with Crippen LogP contribution < -0.4 is 5.32 Å². The molecule has 2 N–H and O–H groups in total. The summed E-state index contributed by atoms with van der Waals surface area (Å²) in [6.07, 6.45) is -4.08. The number of sulfone groups is 1. The van der Waals surface area contributed by atoms with E-state index in [0.29, 0.717) is 0 Å². The Labute approximate surface area is 128 Å². The van der Waals surface area contributed by atoms with E-state index in [2.05, 4.69) is 0 Å². The number of aliphatic carboxylic acids is 1. The number of halogens is 4. The van der Waals surface area contributed by atoms with Gasteiger partial charge in [0.2, 0.25) is 16.3 Å². The number of nitrogens with one attached hydrogen (secondary N) is 1. The molecule has 1 amide bonds. The highest BCUT2D eigenvalue weighted by molar-refractivity contribution is 7.91. The second-order valence-corrected chi connectivity index (χ2v) is 6.24. The molecule has 0 radical (unpaired) electrons. The second-order valence-electron chi connectivity index (χ2n) is 4.32. The molecule has 0 fully saturated rings. The number of carbonyl (C=O) groups is 2. The number of hydrogen-bond acceptors (Lipinski definition) is 4. The Bertz CT molecular complexity index is 675. The van der Waals surface area contributed by atoms with Crippen LogP contribution in [0.1, 0.15) is 16.8 Å². The van der Waals surface area contributed by atoms with Gasteiger partial charge in [0.05, 0.1) is 4.90 Å². The van der Waals surface area contributed by atoms with E-state index < -0.39 is 51.3 Å². The minimum atomic E-state index is -4.83. The van der Waals surface area contributed by atoms with Crippen LogP contribution in [0.15, 0.2) is 29.2 Å². The first-order chi connectivity index (χ1) is 10.6. The van der Waals surface area contributed by atoms with Gasteiger partial charge in [0.25, 0.3) is 5.91 Å². The van der Waals surface area contributed by atoms with Gasteiger partial charge >= 0.3 is 11.7 Å². The van der Waals surface area contributed by atoms with E-state index in [9.17, 15) is 35.6 Å². The van der Waals surface area contributed by atoms with Crippen LogP contribution in [0.3, 0.4) is 0 Å². The molecule has 0 aromatic heterocycles. The van der Waals surface area contributed by atoms with Gasteiger partial charge in [-0.2, -0.15) is 8.78 Å². The van der Waals surface area contributed by atoms with Crippen LogP contribution in [0, 0.1) is 0 Å². The molecular formula is C12H11F4NO5S. The Morgan fingerprint density at radius 3 is 2.00 bits per heavy atom. The summed E-state index contributed by atoms with van der Waals surface area (Å²) in [6.45, 7) is 0. The van der Waals surface area contributed by atoms with Gasteiger partial charge < -0.3 is 10.4 Å². The van der Waals surface area contributed by atoms with E-state index in [4.69, 9.17) is 5.11 Å². The summed E-state index contributed by atoms with van der Waals surface area (Å²) in [6, 6.07) is 1.36. The predicted molar refractivity (Wildman–Crippen MR) is 69.1 cm³/mol. The van der Waals surface area contributed by atoms with E-state index in [-0.39, 0.29) is 5.56 Å². The summed E-state index contributed by atoms with van der Waals surface area (Å²) in [5.74, 6) is -6.36. The van der Waals surface area contributed by atoms with Crippen LogP contribution >= 0.6 is 0 Å². The molecule has 0 aliphatic rings. The number of carbonyl (C=O) groups excluding carboxylic acids is 1. The van der Waals surface area contributed by atoms with E-state index in [1.54, 1.807) is 0 Å². The highest BCUT2D eigenvalue weighted by atomic mass is 32.2. The molecule has 0 aliphatic carbocycles. The smallest absolute Gasteiger partial charge is 0.341 e. The topological polar surface area (TPSA) is 101 Å². The van der Waals surface area contributed by atoms with Gasteiger partial charge in [-0.25, -0.2) is 22.0 Å². The summed E-state index contributed by atoms with van der Waals surface area (Å²) in [5, 5.41) is 10.5. The van der Waals surface area contributed by atoms with Gasteiger partial charge in [-0.3, -0.25) is 4.79 Å². The fraction of sp³-hybridized carbons (Fsp3) is 0.333. The predicted octanol–water partition coefficient (Wildman–Crippen LogP) is 1.52. The molecule has 1 unspecified atom stereocenters. The quantitative estimate of drug-likeness (QED) is 0.721. The monoisotopic (exact) mass is 357 g/mol. The number of benzene rings is 1. The zero-order valence-electron chi connectivity index (χ0n) is 11.2. The van der Waals surface area contributed by atoms with Crippen LogP contribution in [0.4, 0.5) is 17.6 Å². The summed E-state index contributed by atoms with van der Waals surface area (Å²) >= 11 is 0. The molecular weight excluding hydrogens is 346 g/mol. The highest BCUT2D eigenvalue weighted by Gasteiger charge is 2.27. The third-order valence-electron chi connectivity index (χ3n) is 2.70. The van der Waals surface area contributed by atoms with E-state index in [1.807, 2.05) is 5.32 Å². The molecule has 1 rings (SSSR count). The first-order valence-corrected chi connectivity index (χ1v) is 7.54. The molecule has 128 valence electrons. The molecule has 0 bridgehead atoms. The van der Waals surface area contributed by atoms with Crippen molar-refractivity contribution in [1.82, 2.24) is 5.32 Å². The number of amides is 1. The minimum Gasteiger partial charge on any atom is -0.480 e. The second kappa shape index (κ2) is 7.40. The number of carboxylic acid groups (broad SMARTS) is 1. The largest absolute Gasteiger partial charge is 0.480 e. The van der Waals surface area contributed by atoms with Gasteiger partial charge in [-0.05, 0) is 24.3 Å². The van der Waals surface area contributed by atoms with Crippen molar-refractivity contribution < 1.29 is 40.7 Å². The third-order valence-corrected chi connectivity index (χ3v) is 4.10. The molecule has 1 aromatic carbocycles. The molecule has 0 aliphatic heterocycles. The fourth-order valence-corrected chi connectivity index (χ4v) is 2.26. The minimum absolute atomic E-state index is 0.265. The normalized spacial score (nSPS) is 13.1. The van der Waals surface area contributed by atoms with Gasteiger partial charge in [0.1, 0.15) is 6.04 Å². The Hall–Kier alpha value is -2.17. The number of alkyl halides is 4. The van der Waals surface area contributed by atoms with Crippen molar-refractivity contribution in [2.45, 2.75) is 29.5 Å². The van der Waals surface area contributed by atoms with Crippen LogP contribution in [0.5, 0.6) is 0 Å². The molecule has 0 saturated carbocycles. The Morgan fingerprint density at radius 1 is 1.09 bits per heavy atom. The van der Waals surface area contributed by atoms with Crippen molar-refractivity contribution in [2.24, 2.45) is 0 Å². The Balaban J connectivity index is 2.91. The van der Waals surface area contributed by atoms with Crippen LogP contribution in [0.2, 0.25) is 0 Å². The molecule has 1 aromatic rings. The lowest BCUT2D eigenvalue weighted by molar-refractivity contribution is -0.140. The summed E-state index contributed by atoms with van der Waals surface area (Å²) in [4.78, 5) is 21.7. The molecule has 23 heavy (non-hydrogen) atoms. The van der Waals surface area contributed by atoms with E-state index in [0.717, 1.165) is 24.3 Å². The van der Waals surface area contributed by atoms with Gasteiger partial charge in [-0.15, -0.1) is 0 Å². The zero-order chi connectivity index (χ0) is 17.8. The van der Waals surface area contributed by atoms with Gasteiger partial charge in [0, 0.05) is 12.0 Å². The molecule has 1 atom stereocenters. The van der Waals surface area contributed by atoms with Gasteiger partial charge in [-0.1, -0.05) is 0 Å². The zero-order valence-corrected chi connectivity index (χ0v) is 12.1. The van der Waals surface area contributed by atoms with E-state index in [1.165, 1.54) is 0 Å². The number of rotatable bonds is 7. The van der Waals surface area contributed by atoms with Crippen molar-refractivity contribution >= 4 is 21.7 Å². The third kappa shape index (κ3) is 4.91. The standard InChI is InChI=1S/C12H11F4NO5S/c13-9(14)5-8(11(19)20)17-10(18)6-1-3-7(4-2-6)23(21,22)12(15)16/h1-4,8-9,12H,5H2,(H,17,18)(H,19,20). The van der Waals surface area contributed by atoms with Crippen LogP contribution in [-0.4, -0.2) is 43.6 Å². The van der Waals surface area contributed by atoms with E-state index >= 15 is 0 Å². The average molecular weight is 357 g/mol. The Kier molecular flexibility index (Phi) is 6.07. The molecule has 0 spiro atoms. The maximum Gasteiger partial charge on any atom is 0.341 e. The van der Waals surface area contributed by atoms with Crippen molar-refractivity contribution in [3.63, 3.8) is 0 Å². The maximum absolute atomic E-state index is 12.3. The van der Waals surface area contributed by atoms with Crippen molar-refractivity contribution in [3.8, 4) is 0 Å². The SMILES string of the molecule is O=C(NC(CC(F)F)C(=O)O)c1ccc(S(=O)(=O)C(F)F)cc1. The summed E-state index contributed by atoms with van der Waals surface area (Å²) in [7, 11) is -4.83. The van der Waals surface area contributed by atoms with Crippen molar-refractivity contribution in [2.75, 3.05) is 0 Å². The lowest BCUT2D eigenvalue weighted by atomic mass is 10.1. The van der Waals surface area contributed by atoms with Crippen LogP contribution in [-0.2, 0) is 14.6 Å². The summed E-state index contributed by atoms with van der Waals surface area (Å²) < 4.78 is 71.5. The lowest BCUT2D eigenvalue weighted by Gasteiger charge is -2.14. The fourth-order valence-electron chi connectivity index (χ4n) is 1.54. The first kappa shape index (κ1) is 18.9. The van der Waals surface area contributed by atoms with Crippen molar-refractivity contribution in [3.05, 3.63) is 29.8 Å². The Morgan fingerprint density at radius 2 is 1.61 bits per heavy atom. The molecule has 0 saturated heterocycles. The number of carboxylic acids is 1. The number of hydrogen-bond donors (Lipinski definition) is 2. The summed E-state index contributed by atoms with van der Waals surface area (Å²) in [5.41, 5.74) is -0.265. The highest BCUT2D eigenvalue weighted by Crippen LogP contribution is 2.18. The molecule has 11 heteroatoms. The average Bonchev–Trinajstić information content (AvgIpc) is 2.45. The lowest BCUT2D eigenvalue weighted by Crippen LogP contribution is -2.42. The molecule has 0 heterocycles. The first-order valence-electron chi connectivity index (χ1n) is 5.99. The molecule has 6 nitrogen and oxygen atoms in total. The van der Waals surface area contributed by atoms with Gasteiger partial charge in [0.15, 0.2) is 0 Å². The maximum atomic E-state index is 12.3.